The van der Waals surface area contributed by atoms with Gasteiger partial charge in [-0.2, -0.15) is 4.37 Å². The minimum Gasteiger partial charge on any atom is -0.365 e. The van der Waals surface area contributed by atoms with Gasteiger partial charge in [0.1, 0.15) is 10.4 Å². The molecular formula is C8H7N3O2S. The van der Waals surface area contributed by atoms with Crippen molar-refractivity contribution in [2.45, 2.75) is 6.92 Å². The van der Waals surface area contributed by atoms with Gasteiger partial charge in [-0.3, -0.25) is 9.59 Å². The van der Waals surface area contributed by atoms with Crippen molar-refractivity contribution < 1.29 is 4.79 Å². The summed E-state index contributed by atoms with van der Waals surface area (Å²) in [4.78, 5) is 26.1. The summed E-state index contributed by atoms with van der Waals surface area (Å²) in [6, 6.07) is 0. The molecule has 3 N–H and O–H groups in total. The van der Waals surface area contributed by atoms with Crippen molar-refractivity contribution in [2.75, 3.05) is 0 Å². The Morgan fingerprint density at radius 1 is 1.64 bits per heavy atom. The summed E-state index contributed by atoms with van der Waals surface area (Å²) in [6.07, 6.45) is 1.32. The number of aryl methyl sites for hydroxylation is 1. The summed E-state index contributed by atoms with van der Waals surface area (Å²) in [6.45, 7) is 1.72. The van der Waals surface area contributed by atoms with Crippen LogP contribution in [0.2, 0.25) is 0 Å². The van der Waals surface area contributed by atoms with Crippen molar-refractivity contribution in [1.82, 2.24) is 9.36 Å². The number of carbonyl (C=O) groups excluding carboxylic acids is 1. The number of aromatic nitrogens is 2. The highest BCUT2D eigenvalue weighted by atomic mass is 32.1. The van der Waals surface area contributed by atoms with Crippen LogP contribution >= 0.6 is 11.5 Å². The Labute approximate surface area is 82.7 Å². The Morgan fingerprint density at radius 2 is 2.36 bits per heavy atom. The average molecular weight is 209 g/mol. The van der Waals surface area contributed by atoms with Crippen LogP contribution in [-0.2, 0) is 0 Å². The molecule has 14 heavy (non-hydrogen) atoms. The molecule has 2 aromatic rings. The minimum atomic E-state index is -0.723. The van der Waals surface area contributed by atoms with Crippen molar-refractivity contribution in [2.24, 2.45) is 5.73 Å². The number of pyridine rings is 1. The molecule has 0 aliphatic carbocycles. The largest absolute Gasteiger partial charge is 0.365 e. The number of rotatable bonds is 1. The molecule has 5 nitrogen and oxygen atoms in total. The maximum atomic E-state index is 11.7. The van der Waals surface area contributed by atoms with E-state index in [1.807, 2.05) is 0 Å². The smallest absolute Gasteiger partial charge is 0.254 e. The van der Waals surface area contributed by atoms with Crippen LogP contribution in [0.3, 0.4) is 0 Å². The highest BCUT2D eigenvalue weighted by Crippen LogP contribution is 2.16. The van der Waals surface area contributed by atoms with Gasteiger partial charge in [0.2, 0.25) is 5.43 Å². The molecule has 0 aliphatic heterocycles. The van der Waals surface area contributed by atoms with Crippen LogP contribution < -0.4 is 11.2 Å². The lowest BCUT2D eigenvalue weighted by Crippen LogP contribution is -2.21. The van der Waals surface area contributed by atoms with Crippen LogP contribution in [0.4, 0.5) is 0 Å². The monoisotopic (exact) mass is 209 g/mol. The number of carbonyl (C=O) groups is 1. The lowest BCUT2D eigenvalue weighted by Gasteiger charge is -1.94. The Bertz CT molecular complexity index is 569. The number of H-pyrrole nitrogens is 1. The van der Waals surface area contributed by atoms with E-state index < -0.39 is 5.91 Å². The third kappa shape index (κ3) is 1.12. The van der Waals surface area contributed by atoms with Gasteiger partial charge >= 0.3 is 0 Å². The summed E-state index contributed by atoms with van der Waals surface area (Å²) >= 11 is 1.19. The molecule has 0 atom stereocenters. The van der Waals surface area contributed by atoms with Gasteiger partial charge in [0.25, 0.3) is 5.91 Å². The van der Waals surface area contributed by atoms with Crippen LogP contribution in [0.25, 0.3) is 10.2 Å². The lowest BCUT2D eigenvalue weighted by molar-refractivity contribution is 0.0999. The van der Waals surface area contributed by atoms with Gasteiger partial charge < -0.3 is 10.7 Å². The molecule has 1 amide bonds. The molecule has 0 fully saturated rings. The van der Waals surface area contributed by atoms with Crippen molar-refractivity contribution in [3.63, 3.8) is 0 Å². The normalized spacial score (nSPS) is 10.6. The zero-order chi connectivity index (χ0) is 10.3. The van der Waals surface area contributed by atoms with Crippen molar-refractivity contribution in [1.29, 1.82) is 0 Å². The van der Waals surface area contributed by atoms with Crippen LogP contribution in [-0.4, -0.2) is 15.3 Å². The average Bonchev–Trinajstić information content (AvgIpc) is 2.48. The highest BCUT2D eigenvalue weighted by molar-refractivity contribution is 7.12. The minimum absolute atomic E-state index is 0.0270. The molecule has 0 aliphatic rings. The Kier molecular flexibility index (Phi) is 1.85. The van der Waals surface area contributed by atoms with E-state index in [1.165, 1.54) is 17.7 Å². The Balaban J connectivity index is 2.93. The van der Waals surface area contributed by atoms with Gasteiger partial charge in [0.15, 0.2) is 0 Å². The van der Waals surface area contributed by atoms with E-state index in [0.717, 1.165) is 0 Å². The first kappa shape index (κ1) is 8.89. The zero-order valence-electron chi connectivity index (χ0n) is 7.33. The lowest BCUT2D eigenvalue weighted by atomic mass is 10.2. The maximum absolute atomic E-state index is 11.7. The second-order valence-corrected chi connectivity index (χ2v) is 3.64. The first-order valence-electron chi connectivity index (χ1n) is 3.88. The van der Waals surface area contributed by atoms with E-state index in [1.54, 1.807) is 6.92 Å². The number of fused-ring (bicyclic) bond motifs is 1. The first-order chi connectivity index (χ1) is 6.61. The molecule has 0 aromatic carbocycles. The molecule has 2 aromatic heterocycles. The van der Waals surface area contributed by atoms with Gasteiger partial charge in [0, 0.05) is 6.20 Å². The standard InChI is InChI=1S/C8H7N3O2S/c1-3-5-6(12)4(7(9)13)2-10-8(5)14-11-3/h2H,1H3,(H2,9,13)(H,10,12). The molecule has 0 unspecified atom stereocenters. The van der Waals surface area contributed by atoms with Crippen molar-refractivity contribution in [3.8, 4) is 0 Å². The summed E-state index contributed by atoms with van der Waals surface area (Å²) in [5.41, 5.74) is 5.29. The Morgan fingerprint density at radius 3 is 3.00 bits per heavy atom. The second-order valence-electron chi connectivity index (χ2n) is 2.87. The third-order valence-electron chi connectivity index (χ3n) is 1.95. The number of hydrogen-bond donors (Lipinski definition) is 2. The molecule has 6 heteroatoms. The molecule has 0 radical (unpaired) electrons. The van der Waals surface area contributed by atoms with Gasteiger partial charge in [-0.15, -0.1) is 0 Å². The van der Waals surface area contributed by atoms with Gasteiger partial charge in [-0.1, -0.05) is 0 Å². The summed E-state index contributed by atoms with van der Waals surface area (Å²) < 4.78 is 4.02. The van der Waals surface area contributed by atoms with Crippen molar-refractivity contribution >= 4 is 27.7 Å². The molecule has 0 spiro atoms. The topological polar surface area (TPSA) is 88.8 Å². The predicted molar refractivity (Wildman–Crippen MR) is 53.5 cm³/mol. The summed E-state index contributed by atoms with van der Waals surface area (Å²) in [7, 11) is 0. The van der Waals surface area contributed by atoms with Gasteiger partial charge in [-0.05, 0) is 18.5 Å². The van der Waals surface area contributed by atoms with Crippen LogP contribution in [0.1, 0.15) is 16.1 Å². The predicted octanol–water partition coefficient (Wildman–Crippen LogP) is 0.392. The van der Waals surface area contributed by atoms with E-state index in [4.69, 9.17) is 5.73 Å². The SMILES string of the molecule is Cc1nsc2[nH]cc(C(N)=O)c(=O)c12. The number of nitrogens with one attached hydrogen (secondary N) is 1. The number of nitrogens with two attached hydrogens (primary N) is 1. The van der Waals surface area contributed by atoms with E-state index >= 15 is 0 Å². The number of amides is 1. The summed E-state index contributed by atoms with van der Waals surface area (Å²) in [5, 5.41) is 0.450. The maximum Gasteiger partial charge on any atom is 0.254 e. The second kappa shape index (κ2) is 2.91. The number of nitrogens with zero attached hydrogens (tertiary/aromatic N) is 1. The fourth-order valence-electron chi connectivity index (χ4n) is 1.26. The van der Waals surface area contributed by atoms with Crippen LogP contribution in [0.5, 0.6) is 0 Å². The fraction of sp³-hybridized carbons (Fsp3) is 0.125. The van der Waals surface area contributed by atoms with Crippen LogP contribution in [0, 0.1) is 6.92 Å². The number of hydrogen-bond acceptors (Lipinski definition) is 4. The molecule has 72 valence electrons. The molecule has 0 saturated heterocycles. The Hall–Kier alpha value is -1.69. The van der Waals surface area contributed by atoms with E-state index in [-0.39, 0.29) is 11.0 Å². The first-order valence-corrected chi connectivity index (χ1v) is 4.66. The fourth-order valence-corrected chi connectivity index (χ4v) is 2.02. The third-order valence-corrected chi connectivity index (χ3v) is 2.82. The summed E-state index contributed by atoms with van der Waals surface area (Å²) in [5.74, 6) is -0.723. The van der Waals surface area contributed by atoms with E-state index in [0.29, 0.717) is 15.9 Å². The zero-order valence-corrected chi connectivity index (χ0v) is 8.14. The van der Waals surface area contributed by atoms with Gasteiger partial charge in [0.05, 0.1) is 11.1 Å². The quantitative estimate of drug-likeness (QED) is 0.712. The van der Waals surface area contributed by atoms with E-state index in [2.05, 4.69) is 9.36 Å². The molecule has 0 saturated carbocycles. The van der Waals surface area contributed by atoms with Crippen molar-refractivity contribution in [3.05, 3.63) is 27.7 Å². The molecular weight excluding hydrogens is 202 g/mol. The highest BCUT2D eigenvalue weighted by Gasteiger charge is 2.13. The van der Waals surface area contributed by atoms with E-state index in [9.17, 15) is 9.59 Å². The van der Waals surface area contributed by atoms with Crippen LogP contribution in [0.15, 0.2) is 11.0 Å². The number of primary amides is 1. The number of aromatic amines is 1. The molecule has 2 rings (SSSR count). The van der Waals surface area contributed by atoms with Gasteiger partial charge in [-0.25, -0.2) is 0 Å². The molecule has 0 bridgehead atoms. The molecule has 2 heterocycles.